The van der Waals surface area contributed by atoms with Gasteiger partial charge in [-0.2, -0.15) is 0 Å². The van der Waals surface area contributed by atoms with Crippen LogP contribution < -0.4 is 14.2 Å². The molecule has 25 heavy (non-hydrogen) atoms. The number of nitrogens with zero attached hydrogens (tertiary/aromatic N) is 1. The van der Waals surface area contributed by atoms with Gasteiger partial charge in [-0.1, -0.05) is 0 Å². The fourth-order valence-electron chi connectivity index (χ4n) is 2.51. The second kappa shape index (κ2) is 6.98. The van der Waals surface area contributed by atoms with Crippen LogP contribution in [0.3, 0.4) is 0 Å². The van der Waals surface area contributed by atoms with Crippen LogP contribution in [-0.4, -0.2) is 42.5 Å². The van der Waals surface area contributed by atoms with Crippen molar-refractivity contribution in [3.8, 4) is 28.4 Å². The number of aromatic nitrogens is 1. The van der Waals surface area contributed by atoms with E-state index in [-0.39, 0.29) is 17.1 Å². The first-order valence-corrected chi connectivity index (χ1v) is 7.49. The summed E-state index contributed by atoms with van der Waals surface area (Å²) in [7, 11) is 4.22. The average Bonchev–Trinajstić information content (AvgIpc) is 2.58. The van der Waals surface area contributed by atoms with Gasteiger partial charge in [0.05, 0.1) is 26.9 Å². The summed E-state index contributed by atoms with van der Waals surface area (Å²) in [5.41, 5.74) is 0.473. The number of pyridine rings is 1. The molecule has 1 aromatic heterocycles. The Hall–Kier alpha value is -2.80. The molecule has 0 aliphatic heterocycles. The zero-order valence-corrected chi connectivity index (χ0v) is 14.8. The number of carboxylic acid groups (broad SMARTS) is 1. The van der Waals surface area contributed by atoms with Gasteiger partial charge in [0, 0.05) is 29.1 Å². The lowest BCUT2D eigenvalue weighted by molar-refractivity contribution is 0.0691. The molecule has 0 unspecified atom stereocenters. The number of aromatic carboxylic acids is 1. The number of ether oxygens (including phenoxy) is 3. The first kappa shape index (κ1) is 18.5. The van der Waals surface area contributed by atoms with Crippen molar-refractivity contribution in [2.24, 2.45) is 0 Å². The Balaban J connectivity index is 2.81. The second-order valence-electron chi connectivity index (χ2n) is 5.90. The zero-order valence-electron chi connectivity index (χ0n) is 14.8. The van der Waals surface area contributed by atoms with Crippen molar-refractivity contribution in [1.29, 1.82) is 0 Å². The number of methoxy groups -OCH3 is 3. The minimum Gasteiger partial charge on any atom is -0.492 e. The third-order valence-corrected chi connectivity index (χ3v) is 3.79. The van der Waals surface area contributed by atoms with E-state index in [4.69, 9.17) is 14.2 Å². The summed E-state index contributed by atoms with van der Waals surface area (Å²) in [6.45, 7) is 3.28. The fourth-order valence-corrected chi connectivity index (χ4v) is 2.51. The van der Waals surface area contributed by atoms with Crippen LogP contribution in [0.4, 0.5) is 0 Å². The lowest BCUT2D eigenvalue weighted by atomic mass is 9.95. The van der Waals surface area contributed by atoms with Crippen molar-refractivity contribution in [2.75, 3.05) is 21.3 Å². The van der Waals surface area contributed by atoms with Crippen LogP contribution in [0.1, 0.15) is 29.8 Å². The summed E-state index contributed by atoms with van der Waals surface area (Å²) in [5, 5.41) is 19.7. The lowest BCUT2D eigenvalue weighted by Crippen LogP contribution is -2.15. The van der Waals surface area contributed by atoms with Crippen LogP contribution in [0.2, 0.25) is 0 Å². The molecule has 134 valence electrons. The molecule has 2 rings (SSSR count). The number of carboxylic acids is 1. The zero-order chi connectivity index (χ0) is 18.8. The highest BCUT2D eigenvalue weighted by atomic mass is 16.5. The molecule has 0 aliphatic rings. The standard InChI is InChI=1S/C18H21NO6/c1-18(2,22)11-6-10(8-19-9-11)12-7-13(17(20)21)15(24-4)16(25-5)14(12)23-3/h6-9,22H,1-5H3,(H,20,21). The summed E-state index contributed by atoms with van der Waals surface area (Å²) in [6, 6.07) is 3.16. The highest BCUT2D eigenvalue weighted by molar-refractivity contribution is 5.96. The maximum Gasteiger partial charge on any atom is 0.339 e. The monoisotopic (exact) mass is 347 g/mol. The highest BCUT2D eigenvalue weighted by Crippen LogP contribution is 2.46. The van der Waals surface area contributed by atoms with Gasteiger partial charge in [0.25, 0.3) is 0 Å². The average molecular weight is 347 g/mol. The number of rotatable bonds is 6. The van der Waals surface area contributed by atoms with Crippen molar-refractivity contribution >= 4 is 5.97 Å². The first-order valence-electron chi connectivity index (χ1n) is 7.49. The molecule has 2 N–H and O–H groups in total. The third-order valence-electron chi connectivity index (χ3n) is 3.79. The van der Waals surface area contributed by atoms with Crippen molar-refractivity contribution in [1.82, 2.24) is 4.98 Å². The van der Waals surface area contributed by atoms with E-state index in [9.17, 15) is 15.0 Å². The minimum absolute atomic E-state index is 0.0659. The number of benzene rings is 1. The molecule has 1 aromatic carbocycles. The van der Waals surface area contributed by atoms with E-state index in [0.29, 0.717) is 22.4 Å². The lowest BCUT2D eigenvalue weighted by Gasteiger charge is -2.20. The molecule has 0 atom stereocenters. The van der Waals surface area contributed by atoms with Crippen LogP contribution in [-0.2, 0) is 5.60 Å². The molecule has 7 heteroatoms. The molecule has 1 heterocycles. The molecule has 0 saturated heterocycles. The van der Waals surface area contributed by atoms with Gasteiger partial charge in [-0.15, -0.1) is 0 Å². The fraction of sp³-hybridized carbons (Fsp3) is 0.333. The molecule has 0 amide bonds. The minimum atomic E-state index is -1.16. The Bertz CT molecular complexity index is 795. The maximum absolute atomic E-state index is 11.6. The molecule has 0 aliphatic carbocycles. The Kier molecular flexibility index (Phi) is 5.18. The van der Waals surface area contributed by atoms with Crippen molar-refractivity contribution < 1.29 is 29.2 Å². The van der Waals surface area contributed by atoms with E-state index in [2.05, 4.69) is 4.98 Å². The van der Waals surface area contributed by atoms with Crippen LogP contribution in [0, 0.1) is 0 Å². The van der Waals surface area contributed by atoms with E-state index in [0.717, 1.165) is 0 Å². The molecule has 0 spiro atoms. The van der Waals surface area contributed by atoms with Gasteiger partial charge in [-0.25, -0.2) is 4.79 Å². The van der Waals surface area contributed by atoms with E-state index >= 15 is 0 Å². The summed E-state index contributed by atoms with van der Waals surface area (Å²) in [6.07, 6.45) is 3.11. The normalized spacial score (nSPS) is 11.1. The predicted octanol–water partition coefficient (Wildman–Crippen LogP) is 2.70. The summed E-state index contributed by atoms with van der Waals surface area (Å²) >= 11 is 0. The van der Waals surface area contributed by atoms with Crippen LogP contribution >= 0.6 is 0 Å². The van der Waals surface area contributed by atoms with Crippen molar-refractivity contribution in [3.63, 3.8) is 0 Å². The van der Waals surface area contributed by atoms with Gasteiger partial charge in [0.15, 0.2) is 11.5 Å². The Morgan fingerprint density at radius 2 is 1.60 bits per heavy atom. The summed E-state index contributed by atoms with van der Waals surface area (Å²) in [5.74, 6) is -0.597. The van der Waals surface area contributed by atoms with E-state index < -0.39 is 11.6 Å². The Labute approximate surface area is 145 Å². The van der Waals surface area contributed by atoms with Gasteiger partial charge in [0.1, 0.15) is 5.56 Å². The number of hydrogen-bond donors (Lipinski definition) is 2. The largest absolute Gasteiger partial charge is 0.492 e. The second-order valence-corrected chi connectivity index (χ2v) is 5.90. The quantitative estimate of drug-likeness (QED) is 0.829. The van der Waals surface area contributed by atoms with E-state index in [1.165, 1.54) is 27.4 Å². The van der Waals surface area contributed by atoms with Gasteiger partial charge < -0.3 is 24.4 Å². The molecule has 0 radical (unpaired) electrons. The molecule has 0 bridgehead atoms. The summed E-state index contributed by atoms with van der Waals surface area (Å²) in [4.78, 5) is 15.8. The van der Waals surface area contributed by atoms with Crippen LogP contribution in [0.15, 0.2) is 24.5 Å². The number of carbonyl (C=O) groups is 1. The predicted molar refractivity (Wildman–Crippen MR) is 91.5 cm³/mol. The maximum atomic E-state index is 11.6. The Morgan fingerprint density at radius 3 is 2.08 bits per heavy atom. The SMILES string of the molecule is COc1c(C(=O)O)cc(-c2cncc(C(C)(C)O)c2)c(OC)c1OC. The molecule has 0 saturated carbocycles. The van der Waals surface area contributed by atoms with Crippen molar-refractivity contribution in [2.45, 2.75) is 19.4 Å². The van der Waals surface area contributed by atoms with E-state index in [1.807, 2.05) is 0 Å². The molecular weight excluding hydrogens is 326 g/mol. The van der Waals surface area contributed by atoms with Gasteiger partial charge in [-0.3, -0.25) is 4.98 Å². The topological polar surface area (TPSA) is 98.1 Å². The van der Waals surface area contributed by atoms with Crippen molar-refractivity contribution in [3.05, 3.63) is 35.7 Å². The number of hydrogen-bond acceptors (Lipinski definition) is 6. The third kappa shape index (κ3) is 3.51. The molecular formula is C18H21NO6. The van der Waals surface area contributed by atoms with E-state index in [1.54, 1.807) is 32.3 Å². The number of aliphatic hydroxyl groups is 1. The highest BCUT2D eigenvalue weighted by Gasteiger charge is 2.26. The van der Waals surface area contributed by atoms with Gasteiger partial charge in [0.2, 0.25) is 5.75 Å². The van der Waals surface area contributed by atoms with Gasteiger partial charge >= 0.3 is 5.97 Å². The van der Waals surface area contributed by atoms with Crippen LogP contribution in [0.25, 0.3) is 11.1 Å². The molecule has 2 aromatic rings. The Morgan fingerprint density at radius 1 is 1.00 bits per heavy atom. The first-order chi connectivity index (χ1) is 11.7. The van der Waals surface area contributed by atoms with Crippen LogP contribution in [0.5, 0.6) is 17.2 Å². The van der Waals surface area contributed by atoms with Gasteiger partial charge in [-0.05, 0) is 26.0 Å². The molecule has 7 nitrogen and oxygen atoms in total. The summed E-state index contributed by atoms with van der Waals surface area (Å²) < 4.78 is 16.0. The smallest absolute Gasteiger partial charge is 0.339 e. The molecule has 0 fully saturated rings.